The fraction of sp³-hybridized carbons (Fsp3) is 0.929. The normalized spacial score (nSPS) is 22.9. The van der Waals surface area contributed by atoms with E-state index in [9.17, 15) is 13.2 Å². The highest BCUT2D eigenvalue weighted by molar-refractivity contribution is 7.86. The van der Waals surface area contributed by atoms with Gasteiger partial charge < -0.3 is 15.1 Å². The van der Waals surface area contributed by atoms with E-state index < -0.39 is 10.2 Å². The van der Waals surface area contributed by atoms with Gasteiger partial charge in [0.25, 0.3) is 10.2 Å². The molecule has 0 saturated carbocycles. The van der Waals surface area contributed by atoms with Gasteiger partial charge in [-0.25, -0.2) is 0 Å². The molecule has 2 rings (SSSR count). The molecule has 2 aliphatic rings. The highest BCUT2D eigenvalue weighted by Crippen LogP contribution is 2.15. The largest absolute Gasteiger partial charge is 0.340 e. The Labute approximate surface area is 151 Å². The van der Waals surface area contributed by atoms with Crippen LogP contribution in [0, 0.1) is 5.92 Å². The monoisotopic (exact) mass is 383 g/mol. The zero-order chi connectivity index (χ0) is 17.0. The maximum atomic E-state index is 12.7. The minimum atomic E-state index is -3.40. The lowest BCUT2D eigenvalue weighted by Crippen LogP contribution is -2.57. The van der Waals surface area contributed by atoms with Crippen molar-refractivity contribution in [3.05, 3.63) is 0 Å². The highest BCUT2D eigenvalue weighted by Gasteiger charge is 2.35. The van der Waals surface area contributed by atoms with Crippen molar-refractivity contribution < 1.29 is 13.2 Å². The van der Waals surface area contributed by atoms with E-state index in [4.69, 9.17) is 0 Å². The van der Waals surface area contributed by atoms with Crippen LogP contribution in [0.4, 0.5) is 0 Å². The fourth-order valence-corrected chi connectivity index (χ4v) is 4.60. The Balaban J connectivity index is 0.00000288. The summed E-state index contributed by atoms with van der Waals surface area (Å²) >= 11 is 0. The molecule has 0 spiro atoms. The van der Waals surface area contributed by atoms with Gasteiger partial charge >= 0.3 is 0 Å². The Morgan fingerprint density at radius 3 is 1.92 bits per heavy atom. The van der Waals surface area contributed by atoms with E-state index in [2.05, 4.69) is 10.2 Å². The lowest BCUT2D eigenvalue weighted by molar-refractivity contribution is -0.136. The Morgan fingerprint density at radius 2 is 1.46 bits per heavy atom. The van der Waals surface area contributed by atoms with Crippen molar-refractivity contribution in [1.82, 2.24) is 23.7 Å². The van der Waals surface area contributed by atoms with Gasteiger partial charge in [0, 0.05) is 64.8 Å². The first-order chi connectivity index (χ1) is 10.9. The van der Waals surface area contributed by atoms with Crippen LogP contribution in [0.1, 0.15) is 6.92 Å². The summed E-state index contributed by atoms with van der Waals surface area (Å²) in [6.07, 6.45) is 0. The molecule has 8 nitrogen and oxygen atoms in total. The molecular weight excluding hydrogens is 354 g/mol. The van der Waals surface area contributed by atoms with Crippen molar-refractivity contribution >= 4 is 28.5 Å². The molecule has 2 heterocycles. The number of halogens is 1. The molecule has 0 radical (unpaired) electrons. The molecule has 2 fully saturated rings. The number of hydrogen-bond acceptors (Lipinski definition) is 5. The second-order valence-electron chi connectivity index (χ2n) is 6.39. The summed E-state index contributed by atoms with van der Waals surface area (Å²) in [6.45, 7) is 6.84. The van der Waals surface area contributed by atoms with Crippen molar-refractivity contribution in [3.63, 3.8) is 0 Å². The number of nitrogens with one attached hydrogen (secondary N) is 1. The maximum absolute atomic E-state index is 12.7. The minimum Gasteiger partial charge on any atom is -0.340 e. The van der Waals surface area contributed by atoms with Gasteiger partial charge in [-0.3, -0.25) is 4.79 Å². The molecular formula is C14H30ClN5O3S. The Bertz CT molecular complexity index is 503. The third-order valence-electron chi connectivity index (χ3n) is 4.60. The molecule has 0 aromatic carbocycles. The molecule has 10 heteroatoms. The average Bonchev–Trinajstić information content (AvgIpc) is 2.55. The van der Waals surface area contributed by atoms with Crippen LogP contribution in [0.2, 0.25) is 0 Å². The van der Waals surface area contributed by atoms with E-state index >= 15 is 0 Å². The standard InChI is InChI=1S/C14H29N5O3S.ClH/c1-13(12-15-2)14(20)17-6-10-19(11-7-17)23(21,22)18-8-4-16(3)5-9-18;/h13,15H,4-12H2,1-3H3;1H. The lowest BCUT2D eigenvalue weighted by Gasteiger charge is -2.39. The van der Waals surface area contributed by atoms with Crippen LogP contribution >= 0.6 is 12.4 Å². The average molecular weight is 384 g/mol. The summed E-state index contributed by atoms with van der Waals surface area (Å²) in [7, 11) is 0.426. The Morgan fingerprint density at radius 1 is 1.00 bits per heavy atom. The molecule has 1 amide bonds. The number of piperazine rings is 2. The first-order valence-electron chi connectivity index (χ1n) is 8.23. The van der Waals surface area contributed by atoms with E-state index in [-0.39, 0.29) is 24.2 Å². The molecule has 2 saturated heterocycles. The number of likely N-dealkylation sites (N-methyl/N-ethyl adjacent to an activating group) is 1. The van der Waals surface area contributed by atoms with Crippen molar-refractivity contribution in [2.24, 2.45) is 5.92 Å². The molecule has 0 aromatic rings. The first-order valence-corrected chi connectivity index (χ1v) is 9.63. The van der Waals surface area contributed by atoms with Gasteiger partial charge in [0.15, 0.2) is 0 Å². The topological polar surface area (TPSA) is 76.2 Å². The third kappa shape index (κ3) is 5.03. The summed E-state index contributed by atoms with van der Waals surface area (Å²) < 4.78 is 28.4. The summed E-state index contributed by atoms with van der Waals surface area (Å²) in [4.78, 5) is 16.2. The molecule has 1 atom stereocenters. The van der Waals surface area contributed by atoms with E-state index in [0.717, 1.165) is 13.1 Å². The van der Waals surface area contributed by atoms with Gasteiger partial charge in [0.05, 0.1) is 0 Å². The maximum Gasteiger partial charge on any atom is 0.282 e. The van der Waals surface area contributed by atoms with Crippen LogP contribution in [-0.2, 0) is 15.0 Å². The predicted molar refractivity (Wildman–Crippen MR) is 96.5 cm³/mol. The molecule has 0 aromatic heterocycles. The van der Waals surface area contributed by atoms with Gasteiger partial charge in [-0.05, 0) is 14.1 Å². The van der Waals surface area contributed by atoms with Gasteiger partial charge in [0.2, 0.25) is 5.91 Å². The minimum absolute atomic E-state index is 0. The summed E-state index contributed by atoms with van der Waals surface area (Å²) in [5.41, 5.74) is 0. The SMILES string of the molecule is CNCC(C)C(=O)N1CCN(S(=O)(=O)N2CCN(C)CC2)CC1.Cl. The number of carbonyl (C=O) groups is 1. The zero-order valence-electron chi connectivity index (χ0n) is 14.8. The van der Waals surface area contributed by atoms with Crippen LogP contribution < -0.4 is 5.32 Å². The molecule has 0 aliphatic carbocycles. The fourth-order valence-electron chi connectivity index (χ4n) is 3.03. The van der Waals surface area contributed by atoms with Crippen molar-refractivity contribution in [3.8, 4) is 0 Å². The highest BCUT2D eigenvalue weighted by atomic mass is 35.5. The van der Waals surface area contributed by atoms with Crippen molar-refractivity contribution in [1.29, 1.82) is 0 Å². The Hall–Kier alpha value is -0.450. The summed E-state index contributed by atoms with van der Waals surface area (Å²) in [6, 6.07) is 0. The Kier molecular flexibility index (Phi) is 8.37. The lowest BCUT2D eigenvalue weighted by atomic mass is 10.1. The zero-order valence-corrected chi connectivity index (χ0v) is 16.4. The quantitative estimate of drug-likeness (QED) is 0.652. The smallest absolute Gasteiger partial charge is 0.282 e. The third-order valence-corrected chi connectivity index (χ3v) is 6.63. The van der Waals surface area contributed by atoms with E-state index in [1.54, 1.807) is 9.21 Å². The molecule has 1 N–H and O–H groups in total. The van der Waals surface area contributed by atoms with Gasteiger partial charge in [-0.2, -0.15) is 17.0 Å². The van der Waals surface area contributed by atoms with Gasteiger partial charge in [-0.15, -0.1) is 12.4 Å². The van der Waals surface area contributed by atoms with Crippen LogP contribution in [0.25, 0.3) is 0 Å². The van der Waals surface area contributed by atoms with Crippen molar-refractivity contribution in [2.45, 2.75) is 6.92 Å². The van der Waals surface area contributed by atoms with E-state index in [1.165, 1.54) is 4.31 Å². The first kappa shape index (κ1) is 21.6. The summed E-state index contributed by atoms with van der Waals surface area (Å²) in [5, 5.41) is 3.00. The second-order valence-corrected chi connectivity index (χ2v) is 8.32. The van der Waals surface area contributed by atoms with Crippen LogP contribution in [0.5, 0.6) is 0 Å². The van der Waals surface area contributed by atoms with Crippen LogP contribution in [0.15, 0.2) is 0 Å². The number of carbonyl (C=O) groups excluding carboxylic acids is 1. The molecule has 24 heavy (non-hydrogen) atoms. The van der Waals surface area contributed by atoms with E-state index in [0.29, 0.717) is 45.8 Å². The second kappa shape index (κ2) is 9.30. The van der Waals surface area contributed by atoms with Gasteiger partial charge in [-0.1, -0.05) is 6.92 Å². The number of nitrogens with zero attached hydrogens (tertiary/aromatic N) is 4. The van der Waals surface area contributed by atoms with E-state index in [1.807, 2.05) is 21.0 Å². The molecule has 1 unspecified atom stereocenters. The number of rotatable bonds is 5. The predicted octanol–water partition coefficient (Wildman–Crippen LogP) is -1.10. The number of hydrogen-bond donors (Lipinski definition) is 1. The van der Waals surface area contributed by atoms with Crippen molar-refractivity contribution in [2.75, 3.05) is 73.0 Å². The summed E-state index contributed by atoms with van der Waals surface area (Å²) in [5.74, 6) is 0.0109. The molecule has 142 valence electrons. The van der Waals surface area contributed by atoms with Gasteiger partial charge in [0.1, 0.15) is 0 Å². The van der Waals surface area contributed by atoms with Crippen LogP contribution in [-0.4, -0.2) is 106 Å². The van der Waals surface area contributed by atoms with Crippen LogP contribution in [0.3, 0.4) is 0 Å². The molecule has 2 aliphatic heterocycles. The molecule has 0 bridgehead atoms. The number of amides is 1.